The van der Waals surface area contributed by atoms with Crippen LogP contribution in [0.1, 0.15) is 35.2 Å². The number of rotatable bonds is 2. The Morgan fingerprint density at radius 1 is 1.16 bits per heavy atom. The predicted octanol–water partition coefficient (Wildman–Crippen LogP) is 3.45. The van der Waals surface area contributed by atoms with Gasteiger partial charge in [-0.1, -0.05) is 29.8 Å². The Morgan fingerprint density at radius 3 is 2.68 bits per heavy atom. The van der Waals surface area contributed by atoms with Crippen molar-refractivity contribution < 1.29 is 14.3 Å². The summed E-state index contributed by atoms with van der Waals surface area (Å²) in [4.78, 5) is 14.8. The second-order valence-corrected chi connectivity index (χ2v) is 6.87. The van der Waals surface area contributed by atoms with Gasteiger partial charge in [0.15, 0.2) is 11.5 Å². The predicted molar refractivity (Wildman–Crippen MR) is 96.1 cm³/mol. The maximum atomic E-state index is 12.9. The summed E-state index contributed by atoms with van der Waals surface area (Å²) in [6.07, 6.45) is 1.31. The van der Waals surface area contributed by atoms with Crippen LogP contribution in [0.15, 0.2) is 36.4 Å². The molecule has 2 aromatic rings. The molecule has 1 atom stereocenters. The zero-order valence-electron chi connectivity index (χ0n) is 14.7. The minimum atomic E-state index is 0.0527. The molecule has 0 saturated heterocycles. The van der Waals surface area contributed by atoms with Crippen molar-refractivity contribution in [3.8, 4) is 11.5 Å². The standard InChI is InChI=1S/C21H23NO3/c1-14-4-3-5-16(10-14)11-21(23)22-7-6-17-12-19-20(25-9-8-24-19)13-18(17)15(22)2/h3-5,10,12-13,15H,6-9,11H2,1-2H3. The van der Waals surface area contributed by atoms with E-state index < -0.39 is 0 Å². The average molecular weight is 337 g/mol. The van der Waals surface area contributed by atoms with Crippen molar-refractivity contribution in [2.24, 2.45) is 0 Å². The van der Waals surface area contributed by atoms with Gasteiger partial charge in [0.1, 0.15) is 13.2 Å². The lowest BCUT2D eigenvalue weighted by Gasteiger charge is -2.36. The Morgan fingerprint density at radius 2 is 1.92 bits per heavy atom. The molecule has 0 spiro atoms. The van der Waals surface area contributed by atoms with Gasteiger partial charge in [-0.25, -0.2) is 0 Å². The van der Waals surface area contributed by atoms with Gasteiger partial charge >= 0.3 is 0 Å². The normalized spacial score (nSPS) is 18.6. The third kappa shape index (κ3) is 3.09. The minimum Gasteiger partial charge on any atom is -0.486 e. The minimum absolute atomic E-state index is 0.0527. The fraction of sp³-hybridized carbons (Fsp3) is 0.381. The van der Waals surface area contributed by atoms with Crippen LogP contribution in [0, 0.1) is 6.92 Å². The Bertz CT molecular complexity index is 815. The summed E-state index contributed by atoms with van der Waals surface area (Å²) in [5.41, 5.74) is 4.70. The lowest BCUT2D eigenvalue weighted by atomic mass is 9.92. The Kier molecular flexibility index (Phi) is 4.12. The number of benzene rings is 2. The van der Waals surface area contributed by atoms with Gasteiger partial charge in [-0.05, 0) is 49.1 Å². The van der Waals surface area contributed by atoms with E-state index >= 15 is 0 Å². The van der Waals surface area contributed by atoms with E-state index in [0.29, 0.717) is 19.6 Å². The van der Waals surface area contributed by atoms with Crippen molar-refractivity contribution in [1.82, 2.24) is 4.90 Å². The van der Waals surface area contributed by atoms with Gasteiger partial charge in [0.05, 0.1) is 12.5 Å². The highest BCUT2D eigenvalue weighted by atomic mass is 16.6. The summed E-state index contributed by atoms with van der Waals surface area (Å²) in [5.74, 6) is 1.81. The molecule has 2 heterocycles. The average Bonchev–Trinajstić information content (AvgIpc) is 2.60. The number of hydrogen-bond donors (Lipinski definition) is 0. The quantitative estimate of drug-likeness (QED) is 0.842. The highest BCUT2D eigenvalue weighted by molar-refractivity contribution is 5.79. The molecule has 1 amide bonds. The van der Waals surface area contributed by atoms with Crippen molar-refractivity contribution in [1.29, 1.82) is 0 Å². The topological polar surface area (TPSA) is 38.8 Å². The van der Waals surface area contributed by atoms with Crippen molar-refractivity contribution in [2.75, 3.05) is 19.8 Å². The van der Waals surface area contributed by atoms with E-state index in [2.05, 4.69) is 38.1 Å². The third-order valence-corrected chi connectivity index (χ3v) is 5.10. The molecule has 2 aromatic carbocycles. The number of fused-ring (bicyclic) bond motifs is 2. The number of nitrogens with zero attached hydrogens (tertiary/aromatic N) is 1. The first-order valence-electron chi connectivity index (χ1n) is 8.89. The third-order valence-electron chi connectivity index (χ3n) is 5.10. The van der Waals surface area contributed by atoms with Crippen LogP contribution in [0.4, 0.5) is 0 Å². The Hall–Kier alpha value is -2.49. The molecule has 4 nitrogen and oxygen atoms in total. The van der Waals surface area contributed by atoms with E-state index in [0.717, 1.165) is 30.0 Å². The number of ether oxygens (including phenoxy) is 2. The molecule has 0 radical (unpaired) electrons. The van der Waals surface area contributed by atoms with Crippen LogP contribution in [0.3, 0.4) is 0 Å². The lowest BCUT2D eigenvalue weighted by Crippen LogP contribution is -2.39. The highest BCUT2D eigenvalue weighted by Gasteiger charge is 2.29. The first-order valence-corrected chi connectivity index (χ1v) is 8.89. The van der Waals surface area contributed by atoms with E-state index in [4.69, 9.17) is 9.47 Å². The summed E-state index contributed by atoms with van der Waals surface area (Å²) in [5, 5.41) is 0. The van der Waals surface area contributed by atoms with E-state index in [1.54, 1.807) is 0 Å². The molecule has 0 fully saturated rings. The molecule has 2 aliphatic rings. The van der Waals surface area contributed by atoms with Gasteiger partial charge in [-0.2, -0.15) is 0 Å². The van der Waals surface area contributed by atoms with Crippen LogP contribution in [0.25, 0.3) is 0 Å². The Balaban J connectivity index is 1.56. The van der Waals surface area contributed by atoms with Gasteiger partial charge < -0.3 is 14.4 Å². The zero-order chi connectivity index (χ0) is 17.4. The van der Waals surface area contributed by atoms with Crippen LogP contribution in [0.5, 0.6) is 11.5 Å². The van der Waals surface area contributed by atoms with E-state index in [1.165, 1.54) is 16.7 Å². The molecule has 0 aliphatic carbocycles. The molecule has 0 saturated carbocycles. The molecule has 25 heavy (non-hydrogen) atoms. The monoisotopic (exact) mass is 337 g/mol. The fourth-order valence-electron chi connectivity index (χ4n) is 3.79. The van der Waals surface area contributed by atoms with Gasteiger partial charge in [-0.3, -0.25) is 4.79 Å². The Labute approximate surface area is 148 Å². The maximum Gasteiger partial charge on any atom is 0.227 e. The number of carbonyl (C=O) groups excluding carboxylic acids is 1. The molecule has 0 bridgehead atoms. The van der Waals surface area contributed by atoms with E-state index in [1.807, 2.05) is 17.0 Å². The molecule has 130 valence electrons. The van der Waals surface area contributed by atoms with Crippen LogP contribution < -0.4 is 9.47 Å². The van der Waals surface area contributed by atoms with Gasteiger partial charge in [-0.15, -0.1) is 0 Å². The second kappa shape index (κ2) is 6.43. The molecular weight excluding hydrogens is 314 g/mol. The summed E-state index contributed by atoms with van der Waals surface area (Å²) in [6, 6.07) is 12.4. The summed E-state index contributed by atoms with van der Waals surface area (Å²) >= 11 is 0. The molecule has 4 rings (SSSR count). The van der Waals surface area contributed by atoms with Crippen LogP contribution in [-0.2, 0) is 17.6 Å². The molecule has 0 N–H and O–H groups in total. The van der Waals surface area contributed by atoms with Crippen LogP contribution >= 0.6 is 0 Å². The zero-order valence-corrected chi connectivity index (χ0v) is 14.7. The number of carbonyl (C=O) groups is 1. The molecule has 1 unspecified atom stereocenters. The summed E-state index contributed by atoms with van der Waals surface area (Å²) in [7, 11) is 0. The van der Waals surface area contributed by atoms with Crippen LogP contribution in [-0.4, -0.2) is 30.6 Å². The molecule has 2 aliphatic heterocycles. The van der Waals surface area contributed by atoms with Crippen molar-refractivity contribution in [3.63, 3.8) is 0 Å². The SMILES string of the molecule is Cc1cccc(CC(=O)N2CCc3cc4c(cc3C2C)OCCO4)c1. The van der Waals surface area contributed by atoms with Crippen LogP contribution in [0.2, 0.25) is 0 Å². The second-order valence-electron chi connectivity index (χ2n) is 6.87. The van der Waals surface area contributed by atoms with Gasteiger partial charge in [0.25, 0.3) is 0 Å². The van der Waals surface area contributed by atoms with Crippen molar-refractivity contribution in [2.45, 2.75) is 32.7 Å². The van der Waals surface area contributed by atoms with Gasteiger partial charge in [0.2, 0.25) is 5.91 Å². The van der Waals surface area contributed by atoms with E-state index in [9.17, 15) is 4.79 Å². The summed E-state index contributed by atoms with van der Waals surface area (Å²) < 4.78 is 11.4. The molecule has 0 aromatic heterocycles. The fourth-order valence-corrected chi connectivity index (χ4v) is 3.79. The maximum absolute atomic E-state index is 12.9. The van der Waals surface area contributed by atoms with Crippen molar-refractivity contribution in [3.05, 3.63) is 58.7 Å². The molecule has 4 heteroatoms. The lowest BCUT2D eigenvalue weighted by molar-refractivity contribution is -0.133. The largest absolute Gasteiger partial charge is 0.486 e. The first-order chi connectivity index (χ1) is 12.1. The van der Waals surface area contributed by atoms with Gasteiger partial charge in [0, 0.05) is 6.54 Å². The number of amides is 1. The first kappa shape index (κ1) is 16.0. The number of aryl methyl sites for hydroxylation is 1. The van der Waals surface area contributed by atoms with Crippen molar-refractivity contribution >= 4 is 5.91 Å². The smallest absolute Gasteiger partial charge is 0.227 e. The highest BCUT2D eigenvalue weighted by Crippen LogP contribution is 2.39. The molecular formula is C21H23NO3. The van der Waals surface area contributed by atoms with E-state index in [-0.39, 0.29) is 11.9 Å². The summed E-state index contributed by atoms with van der Waals surface area (Å²) in [6.45, 7) is 6.08. The number of hydrogen-bond acceptors (Lipinski definition) is 3.